The number of fused-ring (bicyclic) bond motifs is 2. The van der Waals surface area contributed by atoms with Crippen molar-refractivity contribution >= 4 is 22.8 Å². The Morgan fingerprint density at radius 3 is 2.74 bits per heavy atom. The molecule has 1 aliphatic heterocycles. The molecule has 0 atom stereocenters. The number of H-pyrrole nitrogens is 1. The minimum absolute atomic E-state index is 0.887. The van der Waals surface area contributed by atoms with Crippen LogP contribution in [0.25, 0.3) is 22.4 Å². The van der Waals surface area contributed by atoms with Crippen molar-refractivity contribution in [3.63, 3.8) is 0 Å². The van der Waals surface area contributed by atoms with Gasteiger partial charge in [-0.25, -0.2) is 4.98 Å². The van der Waals surface area contributed by atoms with E-state index in [4.69, 9.17) is 0 Å². The molecule has 1 N–H and O–H groups in total. The first-order valence-corrected chi connectivity index (χ1v) is 10.4. The van der Waals surface area contributed by atoms with Crippen molar-refractivity contribution in [1.82, 2.24) is 24.7 Å². The van der Waals surface area contributed by atoms with E-state index in [1.165, 1.54) is 24.8 Å². The molecule has 2 aromatic carbocycles. The van der Waals surface area contributed by atoms with Gasteiger partial charge in [0.2, 0.25) is 0 Å². The second-order valence-electron chi connectivity index (χ2n) is 6.95. The molecule has 0 saturated carbocycles. The molecule has 136 valence electrons. The molecular formula is C21H21N5S. The second-order valence-corrected chi connectivity index (χ2v) is 7.91. The average Bonchev–Trinajstić information content (AvgIpc) is 3.23. The number of aromatic amines is 1. The first-order chi connectivity index (χ1) is 13.4. The number of hydrogen-bond donors (Lipinski definition) is 1. The summed E-state index contributed by atoms with van der Waals surface area (Å²) in [6.07, 6.45) is 4.75. The van der Waals surface area contributed by atoms with E-state index in [-0.39, 0.29) is 0 Å². The minimum Gasteiger partial charge on any atom is -0.333 e. The molecule has 27 heavy (non-hydrogen) atoms. The number of hydrogen-bond acceptors (Lipinski definition) is 4. The summed E-state index contributed by atoms with van der Waals surface area (Å²) in [6, 6.07) is 16.8. The Morgan fingerprint density at radius 1 is 0.963 bits per heavy atom. The largest absolute Gasteiger partial charge is 0.333 e. The summed E-state index contributed by atoms with van der Waals surface area (Å²) in [5, 5.41) is 9.82. The summed E-state index contributed by atoms with van der Waals surface area (Å²) in [5.41, 5.74) is 4.53. The number of para-hydroxylation sites is 2. The van der Waals surface area contributed by atoms with Gasteiger partial charge in [-0.15, -0.1) is 10.2 Å². The van der Waals surface area contributed by atoms with E-state index >= 15 is 0 Å². The van der Waals surface area contributed by atoms with Crippen LogP contribution in [-0.2, 0) is 18.7 Å². The number of imidazole rings is 1. The maximum Gasteiger partial charge on any atom is 0.166 e. The maximum absolute atomic E-state index is 4.63. The first kappa shape index (κ1) is 16.6. The number of nitrogens with zero attached hydrogens (tertiary/aromatic N) is 4. The highest BCUT2D eigenvalue weighted by Gasteiger charge is 2.15. The molecule has 4 aromatic rings. The SMILES string of the molecule is c1ccc2[nH]c(SCc3ccc(-c4nnc5n4CCCCC5)cc3)nc2c1. The van der Waals surface area contributed by atoms with Crippen LogP contribution in [-0.4, -0.2) is 24.7 Å². The number of aryl methyl sites for hydroxylation is 1. The highest BCUT2D eigenvalue weighted by molar-refractivity contribution is 7.98. The molecular weight excluding hydrogens is 354 g/mol. The van der Waals surface area contributed by atoms with Gasteiger partial charge in [0.15, 0.2) is 11.0 Å². The van der Waals surface area contributed by atoms with Crippen LogP contribution in [0, 0.1) is 0 Å². The third kappa shape index (κ3) is 3.37. The summed E-state index contributed by atoms with van der Waals surface area (Å²) < 4.78 is 2.30. The van der Waals surface area contributed by atoms with E-state index < -0.39 is 0 Å². The van der Waals surface area contributed by atoms with Gasteiger partial charge >= 0.3 is 0 Å². The number of rotatable bonds is 4. The van der Waals surface area contributed by atoms with Gasteiger partial charge in [0.05, 0.1) is 11.0 Å². The van der Waals surface area contributed by atoms with E-state index in [1.807, 2.05) is 18.2 Å². The lowest BCUT2D eigenvalue weighted by molar-refractivity contribution is 0.636. The van der Waals surface area contributed by atoms with Crippen molar-refractivity contribution in [2.45, 2.75) is 43.1 Å². The summed E-state index contributed by atoms with van der Waals surface area (Å²) in [6.45, 7) is 1.03. The number of aromatic nitrogens is 5. The van der Waals surface area contributed by atoms with Crippen molar-refractivity contribution in [2.24, 2.45) is 0 Å². The van der Waals surface area contributed by atoms with Gasteiger partial charge in [-0.3, -0.25) is 0 Å². The maximum atomic E-state index is 4.63. The molecule has 3 heterocycles. The number of thioether (sulfide) groups is 1. The Labute approximate surface area is 162 Å². The highest BCUT2D eigenvalue weighted by Crippen LogP contribution is 2.26. The predicted octanol–water partition coefficient (Wildman–Crippen LogP) is 4.84. The predicted molar refractivity (Wildman–Crippen MR) is 109 cm³/mol. The molecule has 0 saturated heterocycles. The van der Waals surface area contributed by atoms with Gasteiger partial charge in [-0.1, -0.05) is 54.6 Å². The molecule has 0 spiro atoms. The lowest BCUT2D eigenvalue weighted by atomic mass is 10.1. The monoisotopic (exact) mass is 375 g/mol. The number of nitrogens with one attached hydrogen (secondary N) is 1. The van der Waals surface area contributed by atoms with Crippen LogP contribution < -0.4 is 0 Å². The van der Waals surface area contributed by atoms with E-state index in [1.54, 1.807) is 11.8 Å². The fourth-order valence-electron chi connectivity index (χ4n) is 3.60. The summed E-state index contributed by atoms with van der Waals surface area (Å²) in [5.74, 6) is 3.02. The molecule has 0 aliphatic carbocycles. The van der Waals surface area contributed by atoms with Crippen LogP contribution in [0.4, 0.5) is 0 Å². The molecule has 0 fully saturated rings. The zero-order valence-corrected chi connectivity index (χ0v) is 15.9. The number of benzene rings is 2. The van der Waals surface area contributed by atoms with Gasteiger partial charge < -0.3 is 9.55 Å². The molecule has 2 aromatic heterocycles. The molecule has 1 aliphatic rings. The zero-order chi connectivity index (χ0) is 18.1. The van der Waals surface area contributed by atoms with Crippen LogP contribution in [0.5, 0.6) is 0 Å². The van der Waals surface area contributed by atoms with Crippen molar-refractivity contribution in [2.75, 3.05) is 0 Å². The molecule has 0 unspecified atom stereocenters. The van der Waals surface area contributed by atoms with Crippen LogP contribution in [0.15, 0.2) is 53.7 Å². The van der Waals surface area contributed by atoms with Gasteiger partial charge in [0.1, 0.15) is 5.82 Å². The average molecular weight is 376 g/mol. The molecule has 5 rings (SSSR count). The Balaban J connectivity index is 1.31. The molecule has 0 radical (unpaired) electrons. The van der Waals surface area contributed by atoms with Crippen molar-refractivity contribution in [3.8, 4) is 11.4 Å². The van der Waals surface area contributed by atoms with E-state index in [0.29, 0.717) is 0 Å². The molecule has 0 amide bonds. The quantitative estimate of drug-likeness (QED) is 0.519. The Bertz CT molecular complexity index is 1030. The van der Waals surface area contributed by atoms with Crippen LogP contribution in [0.2, 0.25) is 0 Å². The molecule has 5 nitrogen and oxygen atoms in total. The van der Waals surface area contributed by atoms with Crippen LogP contribution in [0.3, 0.4) is 0 Å². The van der Waals surface area contributed by atoms with Crippen LogP contribution in [0.1, 0.15) is 30.7 Å². The fourth-order valence-corrected chi connectivity index (χ4v) is 4.44. The normalized spacial score (nSPS) is 14.2. The summed E-state index contributed by atoms with van der Waals surface area (Å²) in [7, 11) is 0. The van der Waals surface area contributed by atoms with E-state index in [2.05, 4.69) is 55.1 Å². The molecule has 0 bridgehead atoms. The van der Waals surface area contributed by atoms with Crippen LogP contribution >= 0.6 is 11.8 Å². The van der Waals surface area contributed by atoms with Gasteiger partial charge in [0.25, 0.3) is 0 Å². The third-order valence-electron chi connectivity index (χ3n) is 5.06. The first-order valence-electron chi connectivity index (χ1n) is 9.46. The molecule has 6 heteroatoms. The third-order valence-corrected chi connectivity index (χ3v) is 6.01. The van der Waals surface area contributed by atoms with Gasteiger partial charge in [0, 0.05) is 24.3 Å². The van der Waals surface area contributed by atoms with Crippen molar-refractivity contribution in [3.05, 3.63) is 59.9 Å². The Kier molecular flexibility index (Phi) is 4.41. The summed E-state index contributed by atoms with van der Waals surface area (Å²) >= 11 is 1.73. The summed E-state index contributed by atoms with van der Waals surface area (Å²) in [4.78, 5) is 8.00. The van der Waals surface area contributed by atoms with Crippen molar-refractivity contribution in [1.29, 1.82) is 0 Å². The van der Waals surface area contributed by atoms with Gasteiger partial charge in [-0.2, -0.15) is 0 Å². The standard InChI is InChI=1S/C21H21N5S/c1-2-8-19-24-25-20(26(19)13-5-1)16-11-9-15(10-12-16)14-27-21-22-17-6-3-4-7-18(17)23-21/h3-4,6-7,9-12H,1-2,5,8,13-14H2,(H,22,23). The Morgan fingerprint density at radius 2 is 1.85 bits per heavy atom. The van der Waals surface area contributed by atoms with Gasteiger partial charge in [-0.05, 0) is 30.5 Å². The fraction of sp³-hybridized carbons (Fsp3) is 0.286. The Hall–Kier alpha value is -2.60. The minimum atomic E-state index is 0.887. The second kappa shape index (κ2) is 7.19. The lowest BCUT2D eigenvalue weighted by Gasteiger charge is -2.07. The van der Waals surface area contributed by atoms with Crippen molar-refractivity contribution < 1.29 is 0 Å². The highest BCUT2D eigenvalue weighted by atomic mass is 32.2. The van der Waals surface area contributed by atoms with E-state index in [0.717, 1.165) is 52.1 Å². The van der Waals surface area contributed by atoms with E-state index in [9.17, 15) is 0 Å². The smallest absolute Gasteiger partial charge is 0.166 e. The lowest BCUT2D eigenvalue weighted by Crippen LogP contribution is -2.02. The zero-order valence-electron chi connectivity index (χ0n) is 15.1. The topological polar surface area (TPSA) is 59.4 Å².